The van der Waals surface area contributed by atoms with E-state index in [0.717, 1.165) is 88.2 Å². The Kier molecular flexibility index (Phi) is 14.5. The molecule has 0 unspecified atom stereocenters. The predicted octanol–water partition coefficient (Wildman–Crippen LogP) is 8.26. The molecule has 2 aromatic rings. The normalized spacial score (nSPS) is 16.5. The van der Waals surface area contributed by atoms with Gasteiger partial charge in [0.05, 0.1) is 0 Å². The summed E-state index contributed by atoms with van der Waals surface area (Å²) >= 11 is 0. The van der Waals surface area contributed by atoms with Crippen molar-refractivity contribution >= 4 is 0 Å². The van der Waals surface area contributed by atoms with Crippen LogP contribution in [0.4, 0.5) is 0 Å². The fourth-order valence-corrected chi connectivity index (χ4v) is 5.63. The van der Waals surface area contributed by atoms with Crippen LogP contribution in [0.2, 0.25) is 0 Å². The van der Waals surface area contributed by atoms with Crippen LogP contribution in [-0.2, 0) is 52.0 Å². The van der Waals surface area contributed by atoms with Crippen LogP contribution in [0, 0.1) is 0 Å². The molecule has 0 bridgehead atoms. The molecular formula is C38H40N6Zn2. The van der Waals surface area contributed by atoms with Gasteiger partial charge in [-0.2, -0.15) is 0 Å². The predicted molar refractivity (Wildman–Crippen MR) is 184 cm³/mol. The van der Waals surface area contributed by atoms with Crippen molar-refractivity contribution < 1.29 is 39.0 Å². The maximum absolute atomic E-state index is 4.69. The van der Waals surface area contributed by atoms with Crippen molar-refractivity contribution in [3.05, 3.63) is 177 Å². The van der Waals surface area contributed by atoms with Crippen LogP contribution in [0.3, 0.4) is 0 Å². The third-order valence-electron chi connectivity index (χ3n) is 7.89. The largest absolute Gasteiger partial charge is 2.00 e. The second kappa shape index (κ2) is 18.8. The second-order valence-corrected chi connectivity index (χ2v) is 11.4. The smallest absolute Gasteiger partial charge is 0.684 e. The first-order chi connectivity index (χ1) is 21.8. The number of hydrogen-bond acceptors (Lipinski definition) is 2. The summed E-state index contributed by atoms with van der Waals surface area (Å²) in [4.78, 5) is 4.86. The van der Waals surface area contributed by atoms with E-state index in [-0.39, 0.29) is 39.0 Å². The molecule has 0 radical (unpaired) electrons. The molecule has 0 aromatic heterocycles. The molecule has 0 amide bonds. The van der Waals surface area contributed by atoms with E-state index in [4.69, 9.17) is 0 Å². The van der Waals surface area contributed by atoms with Crippen LogP contribution in [0.25, 0.3) is 32.4 Å². The Bertz CT molecular complexity index is 1330. The van der Waals surface area contributed by atoms with Gasteiger partial charge in [0.25, 0.3) is 0 Å². The number of nitrogens with zero attached hydrogens (tertiary/aromatic N) is 6. The Labute approximate surface area is 300 Å². The Morgan fingerprint density at radius 3 is 0.913 bits per heavy atom. The Balaban J connectivity index is 0.00000240. The average Bonchev–Trinajstić information content (AvgIpc) is 3.07. The summed E-state index contributed by atoms with van der Waals surface area (Å²) in [5.41, 5.74) is 9.52. The van der Waals surface area contributed by atoms with Gasteiger partial charge in [-0.1, -0.05) is 97.1 Å². The van der Waals surface area contributed by atoms with Gasteiger partial charge in [0.1, 0.15) is 0 Å². The molecule has 2 aromatic carbocycles. The molecule has 0 spiro atoms. The van der Waals surface area contributed by atoms with Gasteiger partial charge in [0.15, 0.2) is 0 Å². The van der Waals surface area contributed by atoms with Gasteiger partial charge in [0, 0.05) is 39.3 Å². The molecule has 6 nitrogen and oxygen atoms in total. The minimum absolute atomic E-state index is 0. The van der Waals surface area contributed by atoms with E-state index in [9.17, 15) is 0 Å². The summed E-state index contributed by atoms with van der Waals surface area (Å²) in [6, 6.07) is 18.0. The van der Waals surface area contributed by atoms with Crippen molar-refractivity contribution in [2.45, 2.75) is 13.1 Å². The molecule has 0 fully saturated rings. The molecule has 8 heteroatoms. The molecule has 4 aliphatic heterocycles. The van der Waals surface area contributed by atoms with E-state index >= 15 is 0 Å². The molecule has 0 aliphatic carbocycles. The third-order valence-corrected chi connectivity index (χ3v) is 7.89. The second-order valence-electron chi connectivity index (χ2n) is 11.4. The Morgan fingerprint density at radius 1 is 0.391 bits per heavy atom. The SMILES string of the molecule is C1=CC[N-]C(CN(CC2=CC=CC[N-]2)Cc2ccc(-c3ccc(CN(CC4=CC=CC[N-]4)CC4=CC=CC[N-]4)cc3)cc2)=C1.[Zn+2].[Zn+2]. The van der Waals surface area contributed by atoms with Crippen molar-refractivity contribution in [3.8, 4) is 11.1 Å². The van der Waals surface area contributed by atoms with Crippen molar-refractivity contribution in [2.24, 2.45) is 0 Å². The fourth-order valence-electron chi connectivity index (χ4n) is 5.63. The summed E-state index contributed by atoms with van der Waals surface area (Å²) in [6.45, 7) is 7.98. The molecule has 0 atom stereocenters. The zero-order valence-electron chi connectivity index (χ0n) is 26.7. The van der Waals surface area contributed by atoms with Gasteiger partial charge in [-0.25, -0.2) is 0 Å². The van der Waals surface area contributed by atoms with Crippen LogP contribution < -0.4 is 0 Å². The van der Waals surface area contributed by atoms with Gasteiger partial charge in [0.2, 0.25) is 0 Å². The summed E-state index contributed by atoms with van der Waals surface area (Å²) in [5, 5.41) is 18.7. The van der Waals surface area contributed by atoms with Gasteiger partial charge in [-0.05, 0) is 22.3 Å². The first-order valence-electron chi connectivity index (χ1n) is 15.5. The Morgan fingerprint density at radius 2 is 0.674 bits per heavy atom. The standard InChI is InChI=1S/C38H40N6.2Zn/c1-5-21-39-35(9-1)27-43(28-36-10-2-6-22-40-36)25-31-13-17-33(18-14-31)34-19-15-32(16-20-34)26-44(29-37-11-3-7-23-41-37)30-38-12-4-8-24-42-38;;/h1-20H,21-30H2;;/q-4;2*+2. The quantitative estimate of drug-likeness (QED) is 0.197. The summed E-state index contributed by atoms with van der Waals surface area (Å²) in [6.07, 6.45) is 25.3. The number of allylic oxidation sites excluding steroid dienone is 8. The molecule has 0 N–H and O–H groups in total. The molecule has 226 valence electrons. The van der Waals surface area contributed by atoms with E-state index in [1.54, 1.807) is 0 Å². The van der Waals surface area contributed by atoms with Crippen LogP contribution in [0.5, 0.6) is 0 Å². The van der Waals surface area contributed by atoms with Crippen LogP contribution >= 0.6 is 0 Å². The van der Waals surface area contributed by atoms with E-state index < -0.39 is 0 Å². The van der Waals surface area contributed by atoms with Crippen LogP contribution in [0.1, 0.15) is 11.1 Å². The minimum atomic E-state index is 0. The monoisotopic (exact) mass is 708 g/mol. The van der Waals surface area contributed by atoms with E-state index in [1.807, 2.05) is 0 Å². The first kappa shape index (κ1) is 35.6. The Hall–Kier alpha value is -3.27. The van der Waals surface area contributed by atoms with Gasteiger partial charge in [-0.3, -0.25) is 9.80 Å². The molecule has 0 saturated heterocycles. The molecule has 46 heavy (non-hydrogen) atoms. The van der Waals surface area contributed by atoms with Crippen LogP contribution in [-0.4, -0.2) is 62.2 Å². The summed E-state index contributed by atoms with van der Waals surface area (Å²) in [5.74, 6) is 0. The molecule has 4 aliphatic rings. The van der Waals surface area contributed by atoms with Crippen molar-refractivity contribution in [3.63, 3.8) is 0 Å². The maximum atomic E-state index is 4.69. The zero-order chi connectivity index (χ0) is 29.8. The van der Waals surface area contributed by atoms with Crippen molar-refractivity contribution in [2.75, 3.05) is 52.4 Å². The maximum Gasteiger partial charge on any atom is 2.00 e. The molecular weight excluding hydrogens is 671 g/mol. The summed E-state index contributed by atoms with van der Waals surface area (Å²) in [7, 11) is 0. The topological polar surface area (TPSA) is 62.9 Å². The van der Waals surface area contributed by atoms with E-state index in [2.05, 4.69) is 153 Å². The third kappa shape index (κ3) is 10.9. The van der Waals surface area contributed by atoms with Crippen molar-refractivity contribution in [1.82, 2.24) is 9.80 Å². The molecule has 4 heterocycles. The molecule has 0 saturated carbocycles. The van der Waals surface area contributed by atoms with E-state index in [0.29, 0.717) is 0 Å². The molecule has 6 rings (SSSR count). The first-order valence-corrected chi connectivity index (χ1v) is 15.5. The average molecular weight is 712 g/mol. The van der Waals surface area contributed by atoms with Crippen LogP contribution in [0.15, 0.2) is 144 Å². The van der Waals surface area contributed by atoms with Gasteiger partial charge >= 0.3 is 39.0 Å². The van der Waals surface area contributed by atoms with Gasteiger partial charge in [-0.15, -0.1) is 73.3 Å². The fraction of sp³-hybridized carbons (Fsp3) is 0.263. The van der Waals surface area contributed by atoms with Gasteiger partial charge < -0.3 is 21.3 Å². The number of hydrogen-bond donors (Lipinski definition) is 0. The van der Waals surface area contributed by atoms with Crippen molar-refractivity contribution in [1.29, 1.82) is 0 Å². The summed E-state index contributed by atoms with van der Waals surface area (Å²) < 4.78 is 0. The number of benzene rings is 2. The zero-order valence-corrected chi connectivity index (χ0v) is 32.6. The minimum Gasteiger partial charge on any atom is -0.684 e. The number of rotatable bonds is 13. The van der Waals surface area contributed by atoms with E-state index in [1.165, 1.54) is 22.3 Å².